The number of benzene rings is 1. The zero-order chi connectivity index (χ0) is 16.4. The lowest BCUT2D eigenvalue weighted by Gasteiger charge is -2.23. The molecule has 4 rings (SSSR count). The van der Waals surface area contributed by atoms with Gasteiger partial charge in [0.15, 0.2) is 0 Å². The second-order valence-corrected chi connectivity index (χ2v) is 6.95. The number of nitrogens with zero attached hydrogens (tertiary/aromatic N) is 2. The molecule has 1 saturated carbocycles. The first-order valence-electron chi connectivity index (χ1n) is 9.17. The number of imidazole rings is 1. The molecule has 1 amide bonds. The fourth-order valence-corrected chi connectivity index (χ4v) is 3.95. The Kier molecular flexibility index (Phi) is 4.52. The Morgan fingerprint density at radius 2 is 2.00 bits per heavy atom. The maximum absolute atomic E-state index is 12.6. The van der Waals surface area contributed by atoms with Crippen molar-refractivity contribution in [2.75, 3.05) is 6.61 Å². The standard InChI is InChI=1S/C19H25N3O2/c23-18(20-14-7-2-1-3-8-14)13-22-16-10-5-4-9-15(16)21-19(22)17-11-6-12-24-17/h4-5,9-10,14,17H,1-3,6-8,11-13H2,(H,20,23)/t17-/m0/s1. The second kappa shape index (κ2) is 6.93. The summed E-state index contributed by atoms with van der Waals surface area (Å²) in [7, 11) is 0. The monoisotopic (exact) mass is 327 g/mol. The zero-order valence-electron chi connectivity index (χ0n) is 14.0. The first kappa shape index (κ1) is 15.6. The van der Waals surface area contributed by atoms with Gasteiger partial charge in [-0.15, -0.1) is 0 Å². The first-order valence-corrected chi connectivity index (χ1v) is 9.17. The van der Waals surface area contributed by atoms with Crippen LogP contribution in [0.15, 0.2) is 24.3 Å². The van der Waals surface area contributed by atoms with Gasteiger partial charge in [-0.3, -0.25) is 4.79 Å². The van der Waals surface area contributed by atoms with E-state index in [-0.39, 0.29) is 12.0 Å². The quantitative estimate of drug-likeness (QED) is 0.937. The van der Waals surface area contributed by atoms with E-state index in [1.807, 2.05) is 28.8 Å². The van der Waals surface area contributed by atoms with Crippen LogP contribution in [0.3, 0.4) is 0 Å². The maximum atomic E-state index is 12.6. The van der Waals surface area contributed by atoms with Crippen LogP contribution < -0.4 is 5.32 Å². The number of hydrogen-bond acceptors (Lipinski definition) is 3. The number of carbonyl (C=O) groups excluding carboxylic acids is 1. The molecule has 1 aliphatic heterocycles. The summed E-state index contributed by atoms with van der Waals surface area (Å²) in [6, 6.07) is 8.37. The summed E-state index contributed by atoms with van der Waals surface area (Å²) in [6.45, 7) is 1.11. The topological polar surface area (TPSA) is 56.2 Å². The van der Waals surface area contributed by atoms with E-state index in [1.165, 1.54) is 19.3 Å². The molecule has 1 aromatic carbocycles. The van der Waals surface area contributed by atoms with Crippen molar-refractivity contribution in [3.63, 3.8) is 0 Å². The second-order valence-electron chi connectivity index (χ2n) is 6.95. The van der Waals surface area contributed by atoms with Crippen molar-refractivity contribution in [1.29, 1.82) is 0 Å². The van der Waals surface area contributed by atoms with Crippen molar-refractivity contribution < 1.29 is 9.53 Å². The molecule has 5 nitrogen and oxygen atoms in total. The number of para-hydroxylation sites is 2. The van der Waals surface area contributed by atoms with Gasteiger partial charge in [-0.2, -0.15) is 0 Å². The van der Waals surface area contributed by atoms with Gasteiger partial charge in [-0.1, -0.05) is 31.4 Å². The number of hydrogen-bond donors (Lipinski definition) is 1. The maximum Gasteiger partial charge on any atom is 0.240 e. The SMILES string of the molecule is O=C(Cn1c([C@@H]2CCCO2)nc2ccccc21)NC1CCCCC1. The molecular weight excluding hydrogens is 302 g/mol. The van der Waals surface area contributed by atoms with Crippen LogP contribution in [-0.4, -0.2) is 28.1 Å². The van der Waals surface area contributed by atoms with Gasteiger partial charge in [0.1, 0.15) is 18.5 Å². The van der Waals surface area contributed by atoms with Crippen molar-refractivity contribution >= 4 is 16.9 Å². The largest absolute Gasteiger partial charge is 0.370 e. The Bertz CT molecular complexity index is 712. The highest BCUT2D eigenvalue weighted by atomic mass is 16.5. The average Bonchev–Trinajstić information content (AvgIpc) is 3.24. The molecule has 1 aliphatic carbocycles. The minimum absolute atomic E-state index is 0.0138. The molecule has 2 aromatic rings. The fraction of sp³-hybridized carbons (Fsp3) is 0.579. The summed E-state index contributed by atoms with van der Waals surface area (Å²) in [6.07, 6.45) is 8.00. The van der Waals surface area contributed by atoms with Crippen LogP contribution >= 0.6 is 0 Å². The van der Waals surface area contributed by atoms with Crippen molar-refractivity contribution in [1.82, 2.24) is 14.9 Å². The molecule has 0 unspecified atom stereocenters. The Balaban J connectivity index is 1.57. The lowest BCUT2D eigenvalue weighted by molar-refractivity contribution is -0.122. The Hall–Kier alpha value is -1.88. The van der Waals surface area contributed by atoms with Crippen LogP contribution in [0.2, 0.25) is 0 Å². The Morgan fingerprint density at radius 3 is 2.79 bits per heavy atom. The average molecular weight is 327 g/mol. The van der Waals surface area contributed by atoms with Gasteiger partial charge in [-0.25, -0.2) is 4.98 Å². The molecule has 2 heterocycles. The van der Waals surface area contributed by atoms with Gasteiger partial charge in [0.2, 0.25) is 5.91 Å². The van der Waals surface area contributed by atoms with E-state index in [4.69, 9.17) is 9.72 Å². The van der Waals surface area contributed by atoms with E-state index in [0.29, 0.717) is 12.6 Å². The number of rotatable bonds is 4. The van der Waals surface area contributed by atoms with Crippen LogP contribution in [-0.2, 0) is 16.1 Å². The molecule has 2 fully saturated rings. The molecular formula is C19H25N3O2. The molecule has 1 saturated heterocycles. The molecule has 5 heteroatoms. The number of amides is 1. The molecule has 0 radical (unpaired) electrons. The Morgan fingerprint density at radius 1 is 1.17 bits per heavy atom. The van der Waals surface area contributed by atoms with Gasteiger partial charge >= 0.3 is 0 Å². The highest BCUT2D eigenvalue weighted by molar-refractivity contribution is 5.81. The van der Waals surface area contributed by atoms with Crippen LogP contribution in [0.25, 0.3) is 11.0 Å². The zero-order valence-corrected chi connectivity index (χ0v) is 14.0. The van der Waals surface area contributed by atoms with Crippen molar-refractivity contribution in [2.24, 2.45) is 0 Å². The number of ether oxygens (including phenoxy) is 1. The summed E-state index contributed by atoms with van der Waals surface area (Å²) in [5.74, 6) is 0.983. The van der Waals surface area contributed by atoms with E-state index in [0.717, 1.165) is 49.1 Å². The molecule has 1 aromatic heterocycles. The number of fused-ring (bicyclic) bond motifs is 1. The number of nitrogens with one attached hydrogen (secondary N) is 1. The molecule has 128 valence electrons. The third kappa shape index (κ3) is 3.18. The Labute approximate surface area is 142 Å². The van der Waals surface area contributed by atoms with Gasteiger partial charge in [0, 0.05) is 12.6 Å². The lowest BCUT2D eigenvalue weighted by Crippen LogP contribution is -2.38. The third-order valence-electron chi connectivity index (χ3n) is 5.17. The highest BCUT2D eigenvalue weighted by Crippen LogP contribution is 2.30. The molecule has 24 heavy (non-hydrogen) atoms. The van der Waals surface area contributed by atoms with Gasteiger partial charge < -0.3 is 14.6 Å². The van der Waals surface area contributed by atoms with Crippen molar-refractivity contribution in [3.05, 3.63) is 30.1 Å². The molecule has 2 aliphatic rings. The number of carbonyl (C=O) groups is 1. The summed E-state index contributed by atoms with van der Waals surface area (Å²) < 4.78 is 7.87. The fourth-order valence-electron chi connectivity index (χ4n) is 3.95. The highest BCUT2D eigenvalue weighted by Gasteiger charge is 2.26. The number of aromatic nitrogens is 2. The third-order valence-corrected chi connectivity index (χ3v) is 5.17. The summed E-state index contributed by atoms with van der Waals surface area (Å²) in [5.41, 5.74) is 1.95. The minimum Gasteiger partial charge on any atom is -0.370 e. The van der Waals surface area contributed by atoms with E-state index in [1.54, 1.807) is 0 Å². The van der Waals surface area contributed by atoms with Crippen LogP contribution in [0.4, 0.5) is 0 Å². The first-order chi connectivity index (χ1) is 11.8. The minimum atomic E-state index is 0.0138. The van der Waals surface area contributed by atoms with E-state index < -0.39 is 0 Å². The van der Waals surface area contributed by atoms with Crippen LogP contribution in [0, 0.1) is 0 Å². The predicted molar refractivity (Wildman–Crippen MR) is 92.7 cm³/mol. The predicted octanol–water partition coefficient (Wildman–Crippen LogP) is 3.34. The lowest BCUT2D eigenvalue weighted by atomic mass is 9.95. The van der Waals surface area contributed by atoms with Crippen molar-refractivity contribution in [3.8, 4) is 0 Å². The molecule has 1 N–H and O–H groups in total. The smallest absolute Gasteiger partial charge is 0.240 e. The summed E-state index contributed by atoms with van der Waals surface area (Å²) >= 11 is 0. The molecule has 0 bridgehead atoms. The van der Waals surface area contributed by atoms with Crippen LogP contribution in [0.1, 0.15) is 56.9 Å². The van der Waals surface area contributed by atoms with Crippen LogP contribution in [0.5, 0.6) is 0 Å². The van der Waals surface area contributed by atoms with E-state index in [9.17, 15) is 4.79 Å². The molecule has 0 spiro atoms. The van der Waals surface area contributed by atoms with Gasteiger partial charge in [0.05, 0.1) is 11.0 Å². The summed E-state index contributed by atoms with van der Waals surface area (Å²) in [4.78, 5) is 17.3. The van der Waals surface area contributed by atoms with Gasteiger partial charge in [0.25, 0.3) is 0 Å². The van der Waals surface area contributed by atoms with Gasteiger partial charge in [-0.05, 0) is 37.8 Å². The van der Waals surface area contributed by atoms with E-state index in [2.05, 4.69) is 5.32 Å². The van der Waals surface area contributed by atoms with E-state index >= 15 is 0 Å². The summed E-state index contributed by atoms with van der Waals surface area (Å²) in [5, 5.41) is 3.21. The van der Waals surface area contributed by atoms with Crippen molar-refractivity contribution in [2.45, 2.75) is 63.6 Å². The normalized spacial score (nSPS) is 22.1. The molecule has 1 atom stereocenters.